The molecule has 1 saturated carbocycles. The average molecular weight is 302 g/mol. The Labute approximate surface area is 131 Å². The van der Waals surface area contributed by atoms with Gasteiger partial charge in [0.05, 0.1) is 5.69 Å². The zero-order valence-corrected chi connectivity index (χ0v) is 13.0. The minimum atomic E-state index is 0.708. The number of rotatable bonds is 6. The standard InChI is InChI=1S/C17H20ClN3/c1-21(12-13-3-2-4-14(18)9-13)17-7-8-19-16(10-17)11-20-15-5-6-15/h2-4,7-10,15,20H,5-6,11-12H2,1H3. The van der Waals surface area contributed by atoms with E-state index in [-0.39, 0.29) is 0 Å². The summed E-state index contributed by atoms with van der Waals surface area (Å²) in [5, 5.41) is 4.28. The number of nitrogens with zero attached hydrogens (tertiary/aromatic N) is 2. The Morgan fingerprint density at radius 2 is 2.14 bits per heavy atom. The fourth-order valence-electron chi connectivity index (χ4n) is 2.34. The van der Waals surface area contributed by atoms with Crippen molar-refractivity contribution in [1.29, 1.82) is 0 Å². The molecule has 0 amide bonds. The number of halogens is 1. The van der Waals surface area contributed by atoms with Crippen LogP contribution in [0, 0.1) is 0 Å². The van der Waals surface area contributed by atoms with Gasteiger partial charge in [0, 0.05) is 43.1 Å². The topological polar surface area (TPSA) is 28.2 Å². The lowest BCUT2D eigenvalue weighted by Gasteiger charge is -2.20. The van der Waals surface area contributed by atoms with E-state index < -0.39 is 0 Å². The molecule has 1 fully saturated rings. The van der Waals surface area contributed by atoms with Gasteiger partial charge in [-0.1, -0.05) is 23.7 Å². The molecule has 3 nitrogen and oxygen atoms in total. The second-order valence-corrected chi connectivity index (χ2v) is 6.08. The number of aromatic nitrogens is 1. The molecule has 1 heterocycles. The Morgan fingerprint density at radius 1 is 1.29 bits per heavy atom. The minimum absolute atomic E-state index is 0.708. The van der Waals surface area contributed by atoms with E-state index in [0.29, 0.717) is 6.04 Å². The second-order valence-electron chi connectivity index (χ2n) is 5.65. The Morgan fingerprint density at radius 3 is 2.90 bits per heavy atom. The normalized spacial score (nSPS) is 14.2. The highest BCUT2D eigenvalue weighted by Crippen LogP contribution is 2.21. The van der Waals surface area contributed by atoms with Gasteiger partial charge in [-0.2, -0.15) is 0 Å². The van der Waals surface area contributed by atoms with Crippen molar-refractivity contribution in [2.45, 2.75) is 32.0 Å². The first-order chi connectivity index (χ1) is 10.2. The Hall–Kier alpha value is -1.58. The van der Waals surface area contributed by atoms with Gasteiger partial charge in [-0.3, -0.25) is 4.98 Å². The maximum Gasteiger partial charge on any atom is 0.0562 e. The number of hydrogen-bond acceptors (Lipinski definition) is 3. The molecule has 110 valence electrons. The van der Waals surface area contributed by atoms with E-state index in [2.05, 4.69) is 34.4 Å². The quantitative estimate of drug-likeness (QED) is 0.883. The van der Waals surface area contributed by atoms with E-state index in [4.69, 9.17) is 11.6 Å². The van der Waals surface area contributed by atoms with Crippen LogP contribution < -0.4 is 10.2 Å². The molecule has 0 saturated heterocycles. The highest BCUT2D eigenvalue weighted by molar-refractivity contribution is 6.30. The molecule has 1 N–H and O–H groups in total. The zero-order valence-electron chi connectivity index (χ0n) is 12.2. The predicted octanol–water partition coefficient (Wildman–Crippen LogP) is 3.62. The summed E-state index contributed by atoms with van der Waals surface area (Å²) >= 11 is 6.04. The molecular weight excluding hydrogens is 282 g/mol. The molecule has 0 spiro atoms. The van der Waals surface area contributed by atoms with E-state index in [9.17, 15) is 0 Å². The van der Waals surface area contributed by atoms with Crippen molar-refractivity contribution in [2.24, 2.45) is 0 Å². The van der Waals surface area contributed by atoms with Gasteiger partial charge >= 0.3 is 0 Å². The van der Waals surface area contributed by atoms with Crippen LogP contribution in [0.4, 0.5) is 5.69 Å². The summed E-state index contributed by atoms with van der Waals surface area (Å²) in [5.74, 6) is 0. The molecular formula is C17H20ClN3. The van der Waals surface area contributed by atoms with Crippen LogP contribution in [0.1, 0.15) is 24.1 Å². The number of nitrogens with one attached hydrogen (secondary N) is 1. The first-order valence-electron chi connectivity index (χ1n) is 7.34. The minimum Gasteiger partial charge on any atom is -0.370 e. The fourth-order valence-corrected chi connectivity index (χ4v) is 2.55. The van der Waals surface area contributed by atoms with E-state index in [1.807, 2.05) is 30.5 Å². The molecule has 1 aliphatic carbocycles. The monoisotopic (exact) mass is 301 g/mol. The van der Waals surface area contributed by atoms with Gasteiger partial charge < -0.3 is 10.2 Å². The summed E-state index contributed by atoms with van der Waals surface area (Å²) < 4.78 is 0. The predicted molar refractivity (Wildman–Crippen MR) is 87.7 cm³/mol. The van der Waals surface area contributed by atoms with E-state index >= 15 is 0 Å². The molecule has 0 radical (unpaired) electrons. The number of anilines is 1. The van der Waals surface area contributed by atoms with Crippen LogP contribution in [0.25, 0.3) is 0 Å². The zero-order chi connectivity index (χ0) is 14.7. The van der Waals surface area contributed by atoms with Gasteiger partial charge in [0.1, 0.15) is 0 Å². The first kappa shape index (κ1) is 14.4. The maximum absolute atomic E-state index is 6.04. The van der Waals surface area contributed by atoms with Crippen LogP contribution in [-0.2, 0) is 13.1 Å². The number of benzene rings is 1. The Kier molecular flexibility index (Phi) is 4.42. The van der Waals surface area contributed by atoms with Crippen LogP contribution in [-0.4, -0.2) is 18.1 Å². The van der Waals surface area contributed by atoms with Crippen molar-refractivity contribution in [1.82, 2.24) is 10.3 Å². The largest absolute Gasteiger partial charge is 0.370 e. The summed E-state index contributed by atoms with van der Waals surface area (Å²) in [4.78, 5) is 6.65. The lowest BCUT2D eigenvalue weighted by Crippen LogP contribution is -2.19. The van der Waals surface area contributed by atoms with Crippen LogP contribution >= 0.6 is 11.6 Å². The van der Waals surface area contributed by atoms with E-state index in [1.54, 1.807) is 0 Å². The third-order valence-electron chi connectivity index (χ3n) is 3.70. The SMILES string of the molecule is CN(Cc1cccc(Cl)c1)c1ccnc(CNC2CC2)c1. The van der Waals surface area contributed by atoms with Crippen molar-refractivity contribution in [2.75, 3.05) is 11.9 Å². The lowest BCUT2D eigenvalue weighted by atomic mass is 10.2. The summed E-state index contributed by atoms with van der Waals surface area (Å²) in [6.07, 6.45) is 4.48. The van der Waals surface area contributed by atoms with Crippen molar-refractivity contribution in [3.63, 3.8) is 0 Å². The highest BCUT2D eigenvalue weighted by Gasteiger charge is 2.20. The molecule has 4 heteroatoms. The van der Waals surface area contributed by atoms with E-state index in [1.165, 1.54) is 24.1 Å². The van der Waals surface area contributed by atoms with Crippen LogP contribution in [0.3, 0.4) is 0 Å². The number of pyridine rings is 1. The van der Waals surface area contributed by atoms with Crippen LogP contribution in [0.2, 0.25) is 5.02 Å². The summed E-state index contributed by atoms with van der Waals surface area (Å²) in [7, 11) is 2.09. The molecule has 0 atom stereocenters. The molecule has 1 aliphatic rings. The smallest absolute Gasteiger partial charge is 0.0562 e. The Balaban J connectivity index is 1.65. The van der Waals surface area contributed by atoms with Crippen LogP contribution in [0.5, 0.6) is 0 Å². The molecule has 21 heavy (non-hydrogen) atoms. The van der Waals surface area contributed by atoms with Gasteiger partial charge in [0.15, 0.2) is 0 Å². The lowest BCUT2D eigenvalue weighted by molar-refractivity contribution is 0.674. The highest BCUT2D eigenvalue weighted by atomic mass is 35.5. The molecule has 0 aliphatic heterocycles. The summed E-state index contributed by atoms with van der Waals surface area (Å²) in [6.45, 7) is 1.68. The average Bonchev–Trinajstić information content (AvgIpc) is 3.30. The molecule has 0 bridgehead atoms. The fraction of sp³-hybridized carbons (Fsp3) is 0.353. The summed E-state index contributed by atoms with van der Waals surface area (Å²) in [5.41, 5.74) is 3.48. The van der Waals surface area contributed by atoms with Gasteiger partial charge in [-0.25, -0.2) is 0 Å². The third-order valence-corrected chi connectivity index (χ3v) is 3.93. The van der Waals surface area contributed by atoms with Crippen LogP contribution in [0.15, 0.2) is 42.6 Å². The first-order valence-corrected chi connectivity index (χ1v) is 7.72. The van der Waals surface area contributed by atoms with Crippen molar-refractivity contribution < 1.29 is 0 Å². The third kappa shape index (κ3) is 4.19. The van der Waals surface area contributed by atoms with Gasteiger partial charge in [-0.15, -0.1) is 0 Å². The van der Waals surface area contributed by atoms with Crippen molar-refractivity contribution in [3.8, 4) is 0 Å². The van der Waals surface area contributed by atoms with Gasteiger partial charge in [0.25, 0.3) is 0 Å². The molecule has 1 aromatic carbocycles. The number of hydrogen-bond donors (Lipinski definition) is 1. The molecule has 0 unspecified atom stereocenters. The maximum atomic E-state index is 6.04. The van der Waals surface area contributed by atoms with Crippen molar-refractivity contribution >= 4 is 17.3 Å². The Bertz CT molecular complexity index is 610. The second kappa shape index (κ2) is 6.46. The molecule has 3 rings (SSSR count). The van der Waals surface area contributed by atoms with Crippen molar-refractivity contribution in [3.05, 3.63) is 58.9 Å². The molecule has 1 aromatic heterocycles. The van der Waals surface area contributed by atoms with Gasteiger partial charge in [-0.05, 0) is 42.7 Å². The summed E-state index contributed by atoms with van der Waals surface area (Å²) in [6, 6.07) is 12.9. The van der Waals surface area contributed by atoms with Gasteiger partial charge in [0.2, 0.25) is 0 Å². The molecule has 2 aromatic rings. The van der Waals surface area contributed by atoms with E-state index in [0.717, 1.165) is 23.8 Å².